The van der Waals surface area contributed by atoms with Gasteiger partial charge in [-0.1, -0.05) is 30.4 Å². The molecule has 1 aromatic rings. The number of esters is 1. The molecule has 0 saturated heterocycles. The zero-order valence-corrected chi connectivity index (χ0v) is 18.9. The summed E-state index contributed by atoms with van der Waals surface area (Å²) >= 11 is 0. The average molecular weight is 460 g/mol. The molecule has 33 heavy (non-hydrogen) atoms. The van der Waals surface area contributed by atoms with E-state index in [2.05, 4.69) is 6.08 Å². The average Bonchev–Trinajstić information content (AvgIpc) is 2.82. The molecule has 0 atom stereocenters. The number of hydrogen-bond donors (Lipinski definition) is 0. The Morgan fingerprint density at radius 2 is 1.67 bits per heavy atom. The summed E-state index contributed by atoms with van der Waals surface area (Å²) in [6.45, 7) is 0. The van der Waals surface area contributed by atoms with Gasteiger partial charge in [-0.2, -0.15) is 18.4 Å². The van der Waals surface area contributed by atoms with Crippen LogP contribution in [0.5, 0.6) is 0 Å². The van der Waals surface area contributed by atoms with E-state index in [1.54, 1.807) is 18.2 Å². The Morgan fingerprint density at radius 1 is 1.00 bits per heavy atom. The van der Waals surface area contributed by atoms with Crippen LogP contribution >= 0.6 is 0 Å². The highest BCUT2D eigenvalue weighted by Gasteiger charge is 2.33. The van der Waals surface area contributed by atoms with Gasteiger partial charge in [0.2, 0.25) is 0 Å². The van der Waals surface area contributed by atoms with E-state index in [9.17, 15) is 18.0 Å². The third kappa shape index (κ3) is 7.77. The normalized spacial score (nSPS) is 26.4. The van der Waals surface area contributed by atoms with Gasteiger partial charge in [0.1, 0.15) is 6.10 Å². The van der Waals surface area contributed by atoms with E-state index in [1.807, 2.05) is 12.1 Å². The number of carbonyl (C=O) groups is 1. The van der Waals surface area contributed by atoms with Gasteiger partial charge < -0.3 is 4.74 Å². The molecule has 0 N–H and O–H groups in total. The van der Waals surface area contributed by atoms with Crippen molar-refractivity contribution in [2.75, 3.05) is 0 Å². The fraction of sp³-hybridized carbons (Fsp3) is 0.556. The molecule has 3 rings (SSSR count). The van der Waals surface area contributed by atoms with Gasteiger partial charge >= 0.3 is 12.1 Å². The van der Waals surface area contributed by atoms with Crippen LogP contribution in [0.2, 0.25) is 0 Å². The van der Waals surface area contributed by atoms with Crippen LogP contribution in [0.15, 0.2) is 48.6 Å². The number of halogens is 3. The third-order valence-electron chi connectivity index (χ3n) is 7.01. The maximum atomic E-state index is 12.8. The number of allylic oxidation sites excluding steroid dienone is 4. The fourth-order valence-corrected chi connectivity index (χ4v) is 5.01. The zero-order chi connectivity index (χ0) is 23.7. The van der Waals surface area contributed by atoms with Crippen LogP contribution in [-0.4, -0.2) is 12.1 Å². The molecule has 2 aliphatic carbocycles. The minimum atomic E-state index is -4.31. The molecule has 2 fully saturated rings. The Labute approximate surface area is 194 Å². The van der Waals surface area contributed by atoms with E-state index in [1.165, 1.54) is 6.08 Å². The second-order valence-electron chi connectivity index (χ2n) is 9.24. The van der Waals surface area contributed by atoms with E-state index in [4.69, 9.17) is 10.00 Å². The molecule has 2 aliphatic rings. The van der Waals surface area contributed by atoms with Crippen LogP contribution in [-0.2, 0) is 15.7 Å². The molecule has 1 aromatic carbocycles. The maximum absolute atomic E-state index is 12.8. The van der Waals surface area contributed by atoms with Gasteiger partial charge in [-0.15, -0.1) is 0 Å². The number of rotatable bonds is 7. The van der Waals surface area contributed by atoms with E-state index < -0.39 is 11.7 Å². The molecule has 0 unspecified atom stereocenters. The zero-order valence-electron chi connectivity index (χ0n) is 18.9. The topological polar surface area (TPSA) is 50.1 Å². The van der Waals surface area contributed by atoms with E-state index in [0.29, 0.717) is 5.92 Å². The van der Waals surface area contributed by atoms with Crippen LogP contribution in [0.1, 0.15) is 81.3 Å². The van der Waals surface area contributed by atoms with Crippen molar-refractivity contribution >= 4 is 5.97 Å². The van der Waals surface area contributed by atoms with Gasteiger partial charge in [0.15, 0.2) is 0 Å². The molecule has 6 heteroatoms. The first-order valence-corrected chi connectivity index (χ1v) is 12.0. The Hall–Kier alpha value is -2.55. The number of nitriles is 1. The molecule has 0 heterocycles. The highest BCUT2D eigenvalue weighted by atomic mass is 19.4. The van der Waals surface area contributed by atoms with Gasteiger partial charge in [0.05, 0.1) is 17.6 Å². The van der Waals surface area contributed by atoms with Crippen molar-refractivity contribution in [1.82, 2.24) is 0 Å². The van der Waals surface area contributed by atoms with Gasteiger partial charge in [0.25, 0.3) is 0 Å². The summed E-state index contributed by atoms with van der Waals surface area (Å²) in [5.74, 6) is 0.663. The van der Waals surface area contributed by atoms with Crippen molar-refractivity contribution in [2.24, 2.45) is 11.8 Å². The lowest BCUT2D eigenvalue weighted by Crippen LogP contribution is -2.29. The maximum Gasteiger partial charge on any atom is 0.416 e. The largest absolute Gasteiger partial charge is 0.462 e. The predicted molar refractivity (Wildman–Crippen MR) is 121 cm³/mol. The molecule has 3 nitrogen and oxygen atoms in total. The molecule has 0 aromatic heterocycles. The third-order valence-corrected chi connectivity index (χ3v) is 7.01. The number of ether oxygens (including phenoxy) is 1. The minimum Gasteiger partial charge on any atom is -0.462 e. The highest BCUT2D eigenvalue weighted by molar-refractivity contribution is 5.72. The monoisotopic (exact) mass is 459 g/mol. The summed E-state index contributed by atoms with van der Waals surface area (Å²) in [7, 11) is 0. The van der Waals surface area contributed by atoms with Gasteiger partial charge in [-0.25, -0.2) is 0 Å². The molecule has 0 radical (unpaired) electrons. The lowest BCUT2D eigenvalue weighted by atomic mass is 9.78. The van der Waals surface area contributed by atoms with Crippen LogP contribution in [0.4, 0.5) is 13.2 Å². The second-order valence-corrected chi connectivity index (χ2v) is 9.24. The second kappa shape index (κ2) is 12.1. The molecule has 0 spiro atoms. The predicted octanol–water partition coefficient (Wildman–Crippen LogP) is 7.50. The quantitative estimate of drug-likeness (QED) is 0.241. The molecule has 178 valence electrons. The van der Waals surface area contributed by atoms with Crippen LogP contribution in [0.25, 0.3) is 0 Å². The Bertz CT molecular complexity index is 851. The first-order valence-electron chi connectivity index (χ1n) is 12.0. The van der Waals surface area contributed by atoms with Crippen molar-refractivity contribution in [2.45, 2.75) is 82.4 Å². The van der Waals surface area contributed by atoms with Gasteiger partial charge in [-0.3, -0.25) is 4.79 Å². The van der Waals surface area contributed by atoms with Gasteiger partial charge in [0, 0.05) is 6.08 Å². The smallest absolute Gasteiger partial charge is 0.416 e. The Balaban J connectivity index is 1.36. The summed E-state index contributed by atoms with van der Waals surface area (Å²) < 4.78 is 44.1. The first-order chi connectivity index (χ1) is 15.9. The number of nitrogens with zero attached hydrogens (tertiary/aromatic N) is 1. The summed E-state index contributed by atoms with van der Waals surface area (Å²) in [6.07, 6.45) is 12.0. The lowest BCUT2D eigenvalue weighted by molar-refractivity contribution is -0.157. The number of benzene rings is 1. The van der Waals surface area contributed by atoms with E-state index in [0.717, 1.165) is 81.9 Å². The van der Waals surface area contributed by atoms with Crippen molar-refractivity contribution in [1.29, 1.82) is 5.26 Å². The lowest BCUT2D eigenvalue weighted by Gasteiger charge is -2.31. The number of carbonyl (C=O) groups excluding carboxylic acids is 1. The molecule has 0 amide bonds. The standard InChI is InChI=1S/C27H32F3NO2/c28-27(29,30)24-15-13-22(14-16-24)21-9-11-23(12-10-21)26(32)33-25-17-7-20(8-18-25)6-4-2-1-3-5-19-31/h1-3,5,13-16,20-21,23,25H,4,6-12,17-18H2/t20-,21-,23-,25-. The summed E-state index contributed by atoms with van der Waals surface area (Å²) in [6, 6.07) is 7.40. The summed E-state index contributed by atoms with van der Waals surface area (Å²) in [5, 5.41) is 8.45. The minimum absolute atomic E-state index is 0.00971. The molecule has 0 aliphatic heterocycles. The number of alkyl halides is 3. The van der Waals surface area contributed by atoms with Crippen molar-refractivity contribution in [3.05, 3.63) is 59.7 Å². The summed E-state index contributed by atoms with van der Waals surface area (Å²) in [5.41, 5.74) is 0.298. The van der Waals surface area contributed by atoms with E-state index >= 15 is 0 Å². The summed E-state index contributed by atoms with van der Waals surface area (Å²) in [4.78, 5) is 12.7. The van der Waals surface area contributed by atoms with Crippen LogP contribution in [0.3, 0.4) is 0 Å². The number of hydrogen-bond acceptors (Lipinski definition) is 3. The molecular formula is C27H32F3NO2. The van der Waals surface area contributed by atoms with Gasteiger partial charge in [-0.05, 0) is 93.7 Å². The highest BCUT2D eigenvalue weighted by Crippen LogP contribution is 2.38. The van der Waals surface area contributed by atoms with Crippen LogP contribution in [0, 0.1) is 23.2 Å². The Morgan fingerprint density at radius 3 is 2.27 bits per heavy atom. The van der Waals surface area contributed by atoms with Crippen molar-refractivity contribution < 1.29 is 22.7 Å². The SMILES string of the molecule is N#CC=CC=CCC[C@H]1CC[C@H](OC(=O)[C@H]2CC[C@H](c3ccc(C(F)(F)F)cc3)CC2)CC1. The molecular weight excluding hydrogens is 427 g/mol. The fourth-order valence-electron chi connectivity index (χ4n) is 5.01. The van der Waals surface area contributed by atoms with Crippen LogP contribution < -0.4 is 0 Å². The van der Waals surface area contributed by atoms with Crippen molar-refractivity contribution in [3.63, 3.8) is 0 Å². The molecule has 0 bridgehead atoms. The van der Waals surface area contributed by atoms with Crippen molar-refractivity contribution in [3.8, 4) is 6.07 Å². The first kappa shape index (κ1) is 25.1. The van der Waals surface area contributed by atoms with E-state index in [-0.39, 0.29) is 23.9 Å². The Kier molecular flexibility index (Phi) is 9.17. The molecule has 2 saturated carbocycles.